The Morgan fingerprint density at radius 2 is 1.84 bits per heavy atom. The molecule has 0 N–H and O–H groups in total. The highest BCUT2D eigenvalue weighted by Gasteiger charge is 2.39. The van der Waals surface area contributed by atoms with Crippen LogP contribution in [0.4, 0.5) is 5.95 Å². The van der Waals surface area contributed by atoms with Crippen molar-refractivity contribution in [2.24, 2.45) is 5.41 Å². The smallest absolute Gasteiger partial charge is 0.225 e. The minimum absolute atomic E-state index is 0.169. The molecule has 3 heterocycles. The van der Waals surface area contributed by atoms with Gasteiger partial charge in [-0.3, -0.25) is 4.90 Å². The maximum atomic E-state index is 6.01. The number of rotatable bonds is 3. The van der Waals surface area contributed by atoms with Gasteiger partial charge in [0.05, 0.1) is 13.2 Å². The minimum atomic E-state index is 0.169. The molecular weight excluding hydrogens is 312 g/mol. The molecule has 4 rings (SSSR count). The second-order valence-corrected chi connectivity index (χ2v) is 7.32. The molecule has 0 saturated carbocycles. The first kappa shape index (κ1) is 16.5. The van der Waals surface area contributed by atoms with Gasteiger partial charge in [0.2, 0.25) is 5.95 Å². The molecule has 1 aromatic heterocycles. The van der Waals surface area contributed by atoms with Crippen LogP contribution in [-0.2, 0) is 11.3 Å². The first-order valence-electron chi connectivity index (χ1n) is 9.19. The third-order valence-corrected chi connectivity index (χ3v) is 5.26. The van der Waals surface area contributed by atoms with Gasteiger partial charge in [-0.2, -0.15) is 0 Å². The second kappa shape index (κ2) is 7.50. The molecule has 2 aliphatic heterocycles. The van der Waals surface area contributed by atoms with E-state index in [2.05, 4.69) is 50.1 Å². The van der Waals surface area contributed by atoms with Crippen LogP contribution in [-0.4, -0.2) is 54.3 Å². The van der Waals surface area contributed by atoms with E-state index in [1.54, 1.807) is 0 Å². The van der Waals surface area contributed by atoms with Gasteiger partial charge in [0.1, 0.15) is 0 Å². The van der Waals surface area contributed by atoms with Gasteiger partial charge in [-0.15, -0.1) is 0 Å². The van der Waals surface area contributed by atoms with Crippen molar-refractivity contribution < 1.29 is 4.74 Å². The number of nitrogens with zero attached hydrogens (tertiary/aromatic N) is 4. The predicted octanol–water partition coefficient (Wildman–Crippen LogP) is 2.60. The van der Waals surface area contributed by atoms with E-state index in [1.807, 2.05) is 18.5 Å². The molecule has 2 fully saturated rings. The number of hydrogen-bond donors (Lipinski definition) is 0. The normalized spacial score (nSPS) is 25.0. The van der Waals surface area contributed by atoms with Crippen molar-refractivity contribution in [1.29, 1.82) is 0 Å². The second-order valence-electron chi connectivity index (χ2n) is 7.32. The van der Waals surface area contributed by atoms with Crippen molar-refractivity contribution in [3.8, 4) is 0 Å². The van der Waals surface area contributed by atoms with Crippen LogP contribution in [0.3, 0.4) is 0 Å². The lowest BCUT2D eigenvalue weighted by molar-refractivity contribution is 0.0106. The maximum absolute atomic E-state index is 6.01. The van der Waals surface area contributed by atoms with Gasteiger partial charge in [-0.05, 0) is 31.0 Å². The van der Waals surface area contributed by atoms with Crippen molar-refractivity contribution in [3.63, 3.8) is 0 Å². The number of anilines is 1. The van der Waals surface area contributed by atoms with Crippen LogP contribution >= 0.6 is 0 Å². The van der Waals surface area contributed by atoms with Gasteiger partial charge in [0, 0.05) is 44.0 Å². The molecule has 0 radical (unpaired) electrons. The van der Waals surface area contributed by atoms with E-state index in [9.17, 15) is 0 Å². The molecule has 5 heteroatoms. The van der Waals surface area contributed by atoms with Crippen molar-refractivity contribution in [2.75, 3.05) is 44.3 Å². The van der Waals surface area contributed by atoms with E-state index in [1.165, 1.54) is 24.9 Å². The lowest BCUT2D eigenvalue weighted by atomic mass is 9.80. The van der Waals surface area contributed by atoms with Gasteiger partial charge in [0.15, 0.2) is 0 Å². The summed E-state index contributed by atoms with van der Waals surface area (Å²) in [6.07, 6.45) is 6.08. The molecular formula is C20H26N4O. The van der Waals surface area contributed by atoms with Crippen molar-refractivity contribution in [2.45, 2.75) is 19.4 Å². The number of piperidine rings is 1. The summed E-state index contributed by atoms with van der Waals surface area (Å²) in [5.74, 6) is 0.826. The summed E-state index contributed by atoms with van der Waals surface area (Å²) in [7, 11) is 0. The highest BCUT2D eigenvalue weighted by atomic mass is 16.5. The summed E-state index contributed by atoms with van der Waals surface area (Å²) in [5, 5.41) is 0. The van der Waals surface area contributed by atoms with E-state index in [0.29, 0.717) is 0 Å². The van der Waals surface area contributed by atoms with Crippen molar-refractivity contribution in [3.05, 3.63) is 54.4 Å². The lowest BCUT2D eigenvalue weighted by Gasteiger charge is -2.43. The Morgan fingerprint density at radius 1 is 1.00 bits per heavy atom. The first-order chi connectivity index (χ1) is 12.3. The molecule has 2 saturated heterocycles. The van der Waals surface area contributed by atoms with Gasteiger partial charge >= 0.3 is 0 Å². The summed E-state index contributed by atoms with van der Waals surface area (Å²) >= 11 is 0. The fourth-order valence-corrected chi connectivity index (χ4v) is 4.15. The van der Waals surface area contributed by atoms with E-state index < -0.39 is 0 Å². The van der Waals surface area contributed by atoms with E-state index in [-0.39, 0.29) is 5.41 Å². The Labute approximate surface area is 149 Å². The van der Waals surface area contributed by atoms with Crippen LogP contribution in [0.1, 0.15) is 18.4 Å². The molecule has 2 aromatic rings. The van der Waals surface area contributed by atoms with Crippen LogP contribution in [0, 0.1) is 5.41 Å². The average molecular weight is 338 g/mol. The van der Waals surface area contributed by atoms with Crippen molar-refractivity contribution in [1.82, 2.24) is 14.9 Å². The van der Waals surface area contributed by atoms with Gasteiger partial charge in [0.25, 0.3) is 0 Å². The molecule has 0 amide bonds. The molecule has 0 bridgehead atoms. The number of aromatic nitrogens is 2. The topological polar surface area (TPSA) is 41.5 Å². The van der Waals surface area contributed by atoms with E-state index >= 15 is 0 Å². The predicted molar refractivity (Wildman–Crippen MR) is 98.5 cm³/mol. The Hall–Kier alpha value is -1.98. The third-order valence-electron chi connectivity index (χ3n) is 5.26. The van der Waals surface area contributed by atoms with Gasteiger partial charge < -0.3 is 9.64 Å². The summed E-state index contributed by atoms with van der Waals surface area (Å²) < 4.78 is 6.01. The van der Waals surface area contributed by atoms with Crippen LogP contribution in [0.25, 0.3) is 0 Å². The molecule has 5 nitrogen and oxygen atoms in total. The molecule has 1 spiro atoms. The third kappa shape index (κ3) is 3.99. The minimum Gasteiger partial charge on any atom is -0.379 e. The van der Waals surface area contributed by atoms with Gasteiger partial charge in [-0.25, -0.2) is 9.97 Å². The number of likely N-dealkylation sites (tertiary alicyclic amines) is 1. The van der Waals surface area contributed by atoms with Crippen LogP contribution in [0.5, 0.6) is 0 Å². The fraction of sp³-hybridized carbons (Fsp3) is 0.500. The average Bonchev–Trinajstić information content (AvgIpc) is 2.86. The molecule has 1 atom stereocenters. The molecule has 0 unspecified atom stereocenters. The van der Waals surface area contributed by atoms with Crippen molar-refractivity contribution >= 4 is 5.95 Å². The first-order valence-corrected chi connectivity index (χ1v) is 9.19. The summed E-state index contributed by atoms with van der Waals surface area (Å²) in [6, 6.07) is 12.6. The highest BCUT2D eigenvalue weighted by Crippen LogP contribution is 2.34. The molecule has 132 valence electrons. The molecule has 0 aliphatic carbocycles. The zero-order valence-electron chi connectivity index (χ0n) is 14.7. The summed E-state index contributed by atoms with van der Waals surface area (Å²) in [5.41, 5.74) is 1.56. The van der Waals surface area contributed by atoms with E-state index in [0.717, 1.165) is 45.3 Å². The molecule has 1 aromatic carbocycles. The molecule has 2 aliphatic rings. The maximum Gasteiger partial charge on any atom is 0.225 e. The number of hydrogen-bond acceptors (Lipinski definition) is 5. The lowest BCUT2D eigenvalue weighted by Crippen LogP contribution is -2.50. The van der Waals surface area contributed by atoms with Crippen LogP contribution < -0.4 is 4.90 Å². The Bertz CT molecular complexity index is 666. The quantitative estimate of drug-likeness (QED) is 0.860. The number of ether oxygens (including phenoxy) is 1. The molecule has 25 heavy (non-hydrogen) atoms. The zero-order chi connectivity index (χ0) is 17.0. The Kier molecular flexibility index (Phi) is 4.95. The Morgan fingerprint density at radius 3 is 2.68 bits per heavy atom. The van der Waals surface area contributed by atoms with E-state index in [4.69, 9.17) is 4.74 Å². The summed E-state index contributed by atoms with van der Waals surface area (Å²) in [4.78, 5) is 13.8. The monoisotopic (exact) mass is 338 g/mol. The standard InChI is InChI=1S/C20H26N4O/c1-2-6-18(7-3-1)14-23-11-4-8-20(15-23)16-24(12-13-25-17-20)19-21-9-5-10-22-19/h1-3,5-7,9-10H,4,8,11-17H2/t20-/m0/s1. The fourth-order valence-electron chi connectivity index (χ4n) is 4.15. The summed E-state index contributed by atoms with van der Waals surface area (Å²) in [6.45, 7) is 6.68. The zero-order valence-corrected chi connectivity index (χ0v) is 14.7. The van der Waals surface area contributed by atoms with Crippen LogP contribution in [0.15, 0.2) is 48.8 Å². The van der Waals surface area contributed by atoms with Gasteiger partial charge in [-0.1, -0.05) is 30.3 Å². The number of benzene rings is 1. The Balaban J connectivity index is 1.49. The van der Waals surface area contributed by atoms with Crippen LogP contribution in [0.2, 0.25) is 0 Å². The largest absolute Gasteiger partial charge is 0.379 e. The SMILES string of the molecule is c1ccc(CN2CCC[C@]3(COCCN(c4ncccn4)C3)C2)cc1. The highest BCUT2D eigenvalue weighted by molar-refractivity contribution is 5.29.